The zero-order chi connectivity index (χ0) is 15.4. The van der Waals surface area contributed by atoms with Gasteiger partial charge in [-0.2, -0.15) is 5.26 Å². The van der Waals surface area contributed by atoms with Crippen LogP contribution in [0.15, 0.2) is 12.1 Å². The van der Waals surface area contributed by atoms with Crippen molar-refractivity contribution in [2.45, 2.75) is 44.8 Å². The van der Waals surface area contributed by atoms with Crippen molar-refractivity contribution in [3.05, 3.63) is 28.3 Å². The first kappa shape index (κ1) is 15.5. The lowest BCUT2D eigenvalue weighted by molar-refractivity contribution is 0.0745. The van der Waals surface area contributed by atoms with E-state index in [9.17, 15) is 10.1 Å². The van der Waals surface area contributed by atoms with Gasteiger partial charge in [0.15, 0.2) is 0 Å². The third-order valence-electron chi connectivity index (χ3n) is 3.73. The number of nitriles is 1. The largest absolute Gasteiger partial charge is 0.444 e. The zero-order valence-corrected chi connectivity index (χ0v) is 12.6. The summed E-state index contributed by atoms with van der Waals surface area (Å²) in [7, 11) is 0. The Kier molecular flexibility index (Phi) is 4.92. The molecule has 0 saturated heterocycles. The molecule has 2 atom stereocenters. The number of hydrogen-bond donors (Lipinski definition) is 2. The SMILES string of the molecule is Cc1cc(C#N)c(N[C@H]2CCCC[C@@H]2OC(N)=O)cc1Cl. The van der Waals surface area contributed by atoms with Crippen LogP contribution in [0.4, 0.5) is 10.5 Å². The summed E-state index contributed by atoms with van der Waals surface area (Å²) in [4.78, 5) is 11.0. The molecule has 21 heavy (non-hydrogen) atoms. The van der Waals surface area contributed by atoms with Crippen molar-refractivity contribution in [2.75, 3.05) is 5.32 Å². The van der Waals surface area contributed by atoms with E-state index in [-0.39, 0.29) is 12.1 Å². The molecule has 112 valence electrons. The lowest BCUT2D eigenvalue weighted by atomic mass is 9.92. The number of benzene rings is 1. The standard InChI is InChI=1S/C15H18ClN3O2/c1-9-6-10(8-17)13(7-11(9)16)19-12-4-2-3-5-14(12)21-15(18)20/h6-7,12,14,19H,2-5H2,1H3,(H2,18,20)/t12-,14-/m0/s1. The number of halogens is 1. The molecule has 0 aliphatic heterocycles. The molecule has 2 rings (SSSR count). The molecular weight excluding hydrogens is 290 g/mol. The van der Waals surface area contributed by atoms with Gasteiger partial charge in [0.2, 0.25) is 0 Å². The normalized spacial score (nSPS) is 21.4. The van der Waals surface area contributed by atoms with Crippen LogP contribution in [-0.4, -0.2) is 18.2 Å². The van der Waals surface area contributed by atoms with E-state index >= 15 is 0 Å². The maximum atomic E-state index is 11.0. The molecule has 6 heteroatoms. The summed E-state index contributed by atoms with van der Waals surface area (Å²) in [6.45, 7) is 1.85. The molecule has 0 aromatic heterocycles. The second-order valence-corrected chi connectivity index (χ2v) is 5.68. The van der Waals surface area contributed by atoms with E-state index < -0.39 is 6.09 Å². The molecule has 0 spiro atoms. The minimum atomic E-state index is -0.767. The fraction of sp³-hybridized carbons (Fsp3) is 0.467. The van der Waals surface area contributed by atoms with Crippen LogP contribution in [0.2, 0.25) is 5.02 Å². The molecule has 1 aliphatic rings. The van der Waals surface area contributed by atoms with Crippen molar-refractivity contribution in [1.82, 2.24) is 0 Å². The minimum absolute atomic E-state index is 0.0582. The van der Waals surface area contributed by atoms with Gasteiger partial charge in [0, 0.05) is 5.02 Å². The van der Waals surface area contributed by atoms with Crippen LogP contribution in [-0.2, 0) is 4.74 Å². The molecule has 0 bridgehead atoms. The number of hydrogen-bond acceptors (Lipinski definition) is 4. The molecule has 1 aliphatic carbocycles. The molecule has 1 fully saturated rings. The predicted octanol–water partition coefficient (Wildman–Crippen LogP) is 3.34. The van der Waals surface area contributed by atoms with Gasteiger partial charge in [0.25, 0.3) is 0 Å². The summed E-state index contributed by atoms with van der Waals surface area (Å²) in [5.41, 5.74) is 7.16. The quantitative estimate of drug-likeness (QED) is 0.896. The highest BCUT2D eigenvalue weighted by Gasteiger charge is 2.28. The molecule has 0 unspecified atom stereocenters. The van der Waals surface area contributed by atoms with E-state index in [4.69, 9.17) is 22.1 Å². The van der Waals surface area contributed by atoms with Crippen LogP contribution in [0.3, 0.4) is 0 Å². The van der Waals surface area contributed by atoms with Gasteiger partial charge in [-0.05, 0) is 43.9 Å². The first-order chi connectivity index (χ1) is 10.0. The molecular formula is C15H18ClN3O2. The number of nitrogens with one attached hydrogen (secondary N) is 1. The Morgan fingerprint density at radius 1 is 1.48 bits per heavy atom. The van der Waals surface area contributed by atoms with Crippen LogP contribution in [0.5, 0.6) is 0 Å². The Bertz CT molecular complexity index is 583. The monoisotopic (exact) mass is 307 g/mol. The van der Waals surface area contributed by atoms with Gasteiger partial charge in [-0.1, -0.05) is 18.0 Å². The van der Waals surface area contributed by atoms with Crippen molar-refractivity contribution < 1.29 is 9.53 Å². The summed E-state index contributed by atoms with van der Waals surface area (Å²) >= 11 is 6.13. The summed E-state index contributed by atoms with van der Waals surface area (Å²) in [6, 6.07) is 5.59. The van der Waals surface area contributed by atoms with Gasteiger partial charge in [0.1, 0.15) is 12.2 Å². The third-order valence-corrected chi connectivity index (χ3v) is 4.14. The Hall–Kier alpha value is -1.93. The van der Waals surface area contributed by atoms with Crippen LogP contribution >= 0.6 is 11.6 Å². The highest BCUT2D eigenvalue weighted by molar-refractivity contribution is 6.31. The van der Waals surface area contributed by atoms with Gasteiger partial charge in [0.05, 0.1) is 17.3 Å². The van der Waals surface area contributed by atoms with Gasteiger partial charge < -0.3 is 15.8 Å². The van der Waals surface area contributed by atoms with Gasteiger partial charge >= 0.3 is 6.09 Å². The molecule has 5 nitrogen and oxygen atoms in total. The Morgan fingerprint density at radius 3 is 2.86 bits per heavy atom. The maximum absolute atomic E-state index is 11.0. The van der Waals surface area contributed by atoms with Crippen molar-refractivity contribution >= 4 is 23.4 Å². The topological polar surface area (TPSA) is 88.1 Å². The second-order valence-electron chi connectivity index (χ2n) is 5.27. The molecule has 0 radical (unpaired) electrons. The number of primary amides is 1. The van der Waals surface area contributed by atoms with Gasteiger partial charge in [-0.15, -0.1) is 0 Å². The van der Waals surface area contributed by atoms with Gasteiger partial charge in [-0.25, -0.2) is 4.79 Å². The lowest BCUT2D eigenvalue weighted by Gasteiger charge is -2.32. The Balaban J connectivity index is 2.21. The fourth-order valence-electron chi connectivity index (χ4n) is 2.65. The molecule has 1 aromatic carbocycles. The van der Waals surface area contributed by atoms with Crippen LogP contribution < -0.4 is 11.1 Å². The molecule has 3 N–H and O–H groups in total. The van der Waals surface area contributed by atoms with Gasteiger partial charge in [-0.3, -0.25) is 0 Å². The fourth-order valence-corrected chi connectivity index (χ4v) is 2.81. The molecule has 1 amide bonds. The van der Waals surface area contributed by atoms with E-state index in [1.807, 2.05) is 6.92 Å². The van der Waals surface area contributed by atoms with E-state index in [2.05, 4.69) is 11.4 Å². The lowest BCUT2D eigenvalue weighted by Crippen LogP contribution is -2.41. The number of aryl methyl sites for hydroxylation is 1. The number of anilines is 1. The number of rotatable bonds is 3. The number of carbonyl (C=O) groups excluding carboxylic acids is 1. The zero-order valence-electron chi connectivity index (χ0n) is 11.9. The Morgan fingerprint density at radius 2 is 2.19 bits per heavy atom. The molecule has 1 aromatic rings. The second kappa shape index (κ2) is 6.68. The summed E-state index contributed by atoms with van der Waals surface area (Å²) in [6.07, 6.45) is 2.61. The number of carbonyl (C=O) groups is 1. The van der Waals surface area contributed by atoms with Crippen LogP contribution in [0, 0.1) is 18.3 Å². The number of nitrogens with zero attached hydrogens (tertiary/aromatic N) is 1. The average molecular weight is 308 g/mol. The van der Waals surface area contributed by atoms with E-state index in [0.717, 1.165) is 31.2 Å². The highest BCUT2D eigenvalue weighted by atomic mass is 35.5. The van der Waals surface area contributed by atoms with Crippen LogP contribution in [0.1, 0.15) is 36.8 Å². The number of ether oxygens (including phenoxy) is 1. The summed E-state index contributed by atoms with van der Waals surface area (Å²) < 4.78 is 5.16. The van der Waals surface area contributed by atoms with E-state index in [0.29, 0.717) is 16.3 Å². The van der Waals surface area contributed by atoms with Crippen LogP contribution in [0.25, 0.3) is 0 Å². The van der Waals surface area contributed by atoms with E-state index in [1.54, 1.807) is 12.1 Å². The molecule has 0 heterocycles. The summed E-state index contributed by atoms with van der Waals surface area (Å²) in [5, 5.41) is 13.1. The average Bonchev–Trinajstić information content (AvgIpc) is 2.44. The smallest absolute Gasteiger partial charge is 0.404 e. The highest BCUT2D eigenvalue weighted by Crippen LogP contribution is 2.29. The van der Waals surface area contributed by atoms with E-state index in [1.165, 1.54) is 0 Å². The number of nitrogens with two attached hydrogens (primary N) is 1. The minimum Gasteiger partial charge on any atom is -0.444 e. The Labute approximate surface area is 129 Å². The number of amides is 1. The first-order valence-electron chi connectivity index (χ1n) is 6.94. The third kappa shape index (κ3) is 3.79. The van der Waals surface area contributed by atoms with Crippen molar-refractivity contribution in [3.8, 4) is 6.07 Å². The first-order valence-corrected chi connectivity index (χ1v) is 7.32. The molecule has 1 saturated carbocycles. The maximum Gasteiger partial charge on any atom is 0.404 e. The van der Waals surface area contributed by atoms with Crippen molar-refractivity contribution in [1.29, 1.82) is 5.26 Å². The van der Waals surface area contributed by atoms with Crippen molar-refractivity contribution in [2.24, 2.45) is 5.73 Å². The summed E-state index contributed by atoms with van der Waals surface area (Å²) in [5.74, 6) is 0. The van der Waals surface area contributed by atoms with Crippen molar-refractivity contribution in [3.63, 3.8) is 0 Å². The predicted molar refractivity (Wildman–Crippen MR) is 81.2 cm³/mol.